The van der Waals surface area contributed by atoms with Crippen molar-refractivity contribution in [2.24, 2.45) is 0 Å². The van der Waals surface area contributed by atoms with Crippen LogP contribution in [0.15, 0.2) is 77.7 Å². The quantitative estimate of drug-likeness (QED) is 0.592. The van der Waals surface area contributed by atoms with Crippen molar-refractivity contribution >= 4 is 38.9 Å². The normalized spacial score (nSPS) is 13.4. The Bertz CT molecular complexity index is 1200. The molecular weight excluding hydrogens is 436 g/mol. The Hall–Kier alpha value is -3.03. The molecule has 0 aliphatic carbocycles. The van der Waals surface area contributed by atoms with Crippen molar-refractivity contribution in [1.82, 2.24) is 0 Å². The molecule has 0 bridgehead atoms. The van der Waals surface area contributed by atoms with Crippen LogP contribution >= 0.6 is 11.6 Å². The van der Waals surface area contributed by atoms with Gasteiger partial charge in [-0.25, -0.2) is 8.42 Å². The highest BCUT2D eigenvalue weighted by molar-refractivity contribution is 7.92. The van der Waals surface area contributed by atoms with E-state index in [0.29, 0.717) is 23.0 Å². The zero-order valence-electron chi connectivity index (χ0n) is 16.6. The summed E-state index contributed by atoms with van der Waals surface area (Å²) in [6, 6.07) is 20.5. The lowest BCUT2D eigenvalue weighted by Gasteiger charge is -2.30. The summed E-state index contributed by atoms with van der Waals surface area (Å²) in [6.07, 6.45) is 1.64. The second-order valence-electron chi connectivity index (χ2n) is 7.10. The molecule has 0 atom stereocenters. The smallest absolute Gasteiger partial charge is 0.264 e. The molecule has 1 amide bonds. The molecule has 4 rings (SSSR count). The van der Waals surface area contributed by atoms with Crippen molar-refractivity contribution in [2.75, 3.05) is 22.8 Å². The summed E-state index contributed by atoms with van der Waals surface area (Å²) in [6.45, 7) is 0.219. The van der Waals surface area contributed by atoms with Gasteiger partial charge in [0.1, 0.15) is 5.75 Å². The van der Waals surface area contributed by atoms with Gasteiger partial charge >= 0.3 is 0 Å². The van der Waals surface area contributed by atoms with E-state index in [1.54, 1.807) is 36.4 Å². The van der Waals surface area contributed by atoms with Gasteiger partial charge in [-0.2, -0.15) is 0 Å². The molecule has 1 aliphatic rings. The number of para-hydroxylation sites is 2. The second kappa shape index (κ2) is 8.99. The average molecular weight is 457 g/mol. The fraction of sp³-hybridized carbons (Fsp3) is 0.174. The van der Waals surface area contributed by atoms with Gasteiger partial charge in [0.2, 0.25) is 0 Å². The topological polar surface area (TPSA) is 75.7 Å². The van der Waals surface area contributed by atoms with Crippen LogP contribution in [0.25, 0.3) is 0 Å². The Morgan fingerprint density at radius 1 is 1.00 bits per heavy atom. The van der Waals surface area contributed by atoms with Crippen molar-refractivity contribution in [3.8, 4) is 5.75 Å². The lowest BCUT2D eigenvalue weighted by atomic mass is 10.0. The van der Waals surface area contributed by atoms with E-state index in [4.69, 9.17) is 16.3 Å². The summed E-state index contributed by atoms with van der Waals surface area (Å²) in [5.74, 6) is 0.0297. The van der Waals surface area contributed by atoms with Gasteiger partial charge in [-0.1, -0.05) is 41.9 Å². The zero-order chi connectivity index (χ0) is 21.8. The number of aryl methyl sites for hydroxylation is 1. The van der Waals surface area contributed by atoms with Gasteiger partial charge in [0, 0.05) is 6.54 Å². The minimum absolute atomic E-state index is 0.178. The maximum atomic E-state index is 13.2. The Morgan fingerprint density at radius 3 is 2.48 bits per heavy atom. The van der Waals surface area contributed by atoms with E-state index < -0.39 is 10.0 Å². The molecule has 8 heteroatoms. The van der Waals surface area contributed by atoms with Crippen LogP contribution in [0.2, 0.25) is 5.02 Å². The van der Waals surface area contributed by atoms with Crippen LogP contribution < -0.4 is 14.4 Å². The minimum atomic E-state index is -3.69. The molecule has 3 aromatic carbocycles. The van der Waals surface area contributed by atoms with Crippen LogP contribution in [0, 0.1) is 0 Å². The number of amides is 1. The Kier molecular flexibility index (Phi) is 6.15. The van der Waals surface area contributed by atoms with E-state index in [1.165, 1.54) is 16.4 Å². The van der Waals surface area contributed by atoms with Gasteiger partial charge < -0.3 is 10.1 Å². The predicted octanol–water partition coefficient (Wildman–Crippen LogP) is 4.50. The second-order valence-corrected chi connectivity index (χ2v) is 9.37. The first kappa shape index (κ1) is 21.2. The minimum Gasteiger partial charge on any atom is -0.484 e. The molecule has 1 N–H and O–H groups in total. The molecule has 0 spiro atoms. The van der Waals surface area contributed by atoms with Crippen molar-refractivity contribution in [3.63, 3.8) is 0 Å². The number of carbonyl (C=O) groups is 1. The monoisotopic (exact) mass is 456 g/mol. The van der Waals surface area contributed by atoms with Crippen LogP contribution in [0.1, 0.15) is 12.0 Å². The Morgan fingerprint density at radius 2 is 1.71 bits per heavy atom. The molecule has 0 fully saturated rings. The standard InChI is InChI=1S/C23H21ClN2O4S/c24-20-8-2-3-9-21(20)25-23(27)16-30-18-11-13-19(14-12-18)31(28,29)26-15-5-7-17-6-1-4-10-22(17)26/h1-4,6,8-14H,5,7,15-16H2,(H,25,27). The number of sulfonamides is 1. The Labute approximate surface area is 186 Å². The molecule has 6 nitrogen and oxygen atoms in total. The van der Waals surface area contributed by atoms with E-state index in [0.717, 1.165) is 24.1 Å². The molecule has 0 aromatic heterocycles. The maximum Gasteiger partial charge on any atom is 0.264 e. The van der Waals surface area contributed by atoms with Crippen molar-refractivity contribution in [1.29, 1.82) is 0 Å². The summed E-state index contributed by atoms with van der Waals surface area (Å²) in [7, 11) is -3.69. The third-order valence-corrected chi connectivity index (χ3v) is 7.15. The first-order chi connectivity index (χ1) is 14.9. The third-order valence-electron chi connectivity index (χ3n) is 5.00. The number of fused-ring (bicyclic) bond motifs is 1. The number of nitrogens with one attached hydrogen (secondary N) is 1. The van der Waals surface area contributed by atoms with Crippen LogP contribution in [0.5, 0.6) is 5.75 Å². The Balaban J connectivity index is 1.42. The molecule has 160 valence electrons. The number of anilines is 2. The number of carbonyl (C=O) groups excluding carboxylic acids is 1. The van der Waals surface area contributed by atoms with Crippen molar-refractivity contribution in [3.05, 3.63) is 83.4 Å². The lowest BCUT2D eigenvalue weighted by Crippen LogP contribution is -2.35. The molecule has 0 saturated carbocycles. The zero-order valence-corrected chi connectivity index (χ0v) is 18.2. The van der Waals surface area contributed by atoms with E-state index in [-0.39, 0.29) is 17.4 Å². The van der Waals surface area contributed by atoms with Gasteiger partial charge in [-0.15, -0.1) is 0 Å². The molecule has 1 heterocycles. The van der Waals surface area contributed by atoms with Gasteiger partial charge in [0.15, 0.2) is 6.61 Å². The molecule has 0 radical (unpaired) electrons. The number of halogens is 1. The number of benzene rings is 3. The van der Waals surface area contributed by atoms with Gasteiger partial charge in [0.25, 0.3) is 15.9 Å². The van der Waals surface area contributed by atoms with Crippen molar-refractivity contribution in [2.45, 2.75) is 17.7 Å². The molecular formula is C23H21ClN2O4S. The first-order valence-electron chi connectivity index (χ1n) is 9.83. The highest BCUT2D eigenvalue weighted by Gasteiger charge is 2.28. The average Bonchev–Trinajstić information content (AvgIpc) is 2.79. The van der Waals surface area contributed by atoms with Crippen LogP contribution in [-0.2, 0) is 21.2 Å². The molecule has 31 heavy (non-hydrogen) atoms. The van der Waals surface area contributed by atoms with E-state index >= 15 is 0 Å². The number of nitrogens with zero attached hydrogens (tertiary/aromatic N) is 1. The summed E-state index contributed by atoms with van der Waals surface area (Å²) in [5, 5.41) is 3.10. The highest BCUT2D eigenvalue weighted by Crippen LogP contribution is 2.32. The molecule has 0 unspecified atom stereocenters. The van der Waals surface area contributed by atoms with Crippen LogP contribution in [0.3, 0.4) is 0 Å². The van der Waals surface area contributed by atoms with Crippen LogP contribution in [-0.4, -0.2) is 27.5 Å². The molecule has 1 aliphatic heterocycles. The fourth-order valence-electron chi connectivity index (χ4n) is 3.48. The SMILES string of the molecule is O=C(COc1ccc(S(=O)(=O)N2CCCc3ccccc32)cc1)Nc1ccccc1Cl. The summed E-state index contributed by atoms with van der Waals surface area (Å²) < 4.78 is 33.3. The number of hydrogen-bond acceptors (Lipinski definition) is 4. The number of rotatable bonds is 6. The van der Waals surface area contributed by atoms with E-state index in [9.17, 15) is 13.2 Å². The molecule has 0 saturated heterocycles. The van der Waals surface area contributed by atoms with Crippen molar-refractivity contribution < 1.29 is 17.9 Å². The third kappa shape index (κ3) is 4.68. The largest absolute Gasteiger partial charge is 0.484 e. The molecule has 3 aromatic rings. The summed E-state index contributed by atoms with van der Waals surface area (Å²) in [4.78, 5) is 12.3. The summed E-state index contributed by atoms with van der Waals surface area (Å²) in [5.41, 5.74) is 2.26. The van der Waals surface area contributed by atoms with Gasteiger partial charge in [-0.3, -0.25) is 9.10 Å². The maximum absolute atomic E-state index is 13.2. The van der Waals surface area contributed by atoms with E-state index in [2.05, 4.69) is 5.32 Å². The highest BCUT2D eigenvalue weighted by atomic mass is 35.5. The predicted molar refractivity (Wildman–Crippen MR) is 121 cm³/mol. The van der Waals surface area contributed by atoms with Crippen LogP contribution in [0.4, 0.5) is 11.4 Å². The van der Waals surface area contributed by atoms with Gasteiger partial charge in [0.05, 0.1) is 21.3 Å². The lowest BCUT2D eigenvalue weighted by molar-refractivity contribution is -0.118. The van der Waals surface area contributed by atoms with Gasteiger partial charge in [-0.05, 0) is 60.9 Å². The van der Waals surface area contributed by atoms with E-state index in [1.807, 2.05) is 24.3 Å². The summed E-state index contributed by atoms with van der Waals surface area (Å²) >= 11 is 6.02. The number of hydrogen-bond donors (Lipinski definition) is 1. The number of ether oxygens (including phenoxy) is 1. The fourth-order valence-corrected chi connectivity index (χ4v) is 5.21. The first-order valence-corrected chi connectivity index (χ1v) is 11.6.